The Hall–Kier alpha value is -3.31. The lowest BCUT2D eigenvalue weighted by Crippen LogP contribution is -2.37. The molecule has 0 amide bonds. The van der Waals surface area contributed by atoms with Crippen molar-refractivity contribution in [1.82, 2.24) is 4.90 Å². The molecule has 37 heavy (non-hydrogen) atoms. The lowest BCUT2D eigenvalue weighted by molar-refractivity contribution is -0.137. The largest absolute Gasteiger partial charge is 0.493 e. The third-order valence-electron chi connectivity index (χ3n) is 7.02. The van der Waals surface area contributed by atoms with E-state index in [1.807, 2.05) is 13.1 Å². The van der Waals surface area contributed by atoms with Gasteiger partial charge in [-0.25, -0.2) is 4.79 Å². The maximum absolute atomic E-state index is 13.1. The van der Waals surface area contributed by atoms with E-state index in [0.29, 0.717) is 52.2 Å². The van der Waals surface area contributed by atoms with Crippen molar-refractivity contribution in [3.63, 3.8) is 0 Å². The minimum atomic E-state index is -0.615. The number of benzene rings is 2. The third kappa shape index (κ3) is 4.10. The van der Waals surface area contributed by atoms with E-state index in [4.69, 9.17) is 33.2 Å². The molecule has 2 atom stereocenters. The summed E-state index contributed by atoms with van der Waals surface area (Å²) >= 11 is 1.44. The van der Waals surface area contributed by atoms with E-state index < -0.39 is 12.1 Å². The topological polar surface area (TPSA) is 102 Å². The number of nitrogens with zero attached hydrogens (tertiary/aromatic N) is 1. The van der Waals surface area contributed by atoms with Gasteiger partial charge < -0.3 is 33.2 Å². The van der Waals surface area contributed by atoms with Crippen LogP contribution in [0.3, 0.4) is 0 Å². The Morgan fingerprint density at radius 1 is 1.08 bits per heavy atom. The number of esters is 2. The van der Waals surface area contributed by atoms with Crippen molar-refractivity contribution in [2.24, 2.45) is 0 Å². The molecule has 0 saturated carbocycles. The Balaban J connectivity index is 1.65. The summed E-state index contributed by atoms with van der Waals surface area (Å²) in [7, 11) is 8.00. The van der Waals surface area contributed by atoms with Crippen LogP contribution in [0.1, 0.15) is 44.8 Å². The first-order chi connectivity index (χ1) is 17.9. The predicted molar refractivity (Wildman–Crippen MR) is 134 cm³/mol. The highest BCUT2D eigenvalue weighted by atomic mass is 32.2. The van der Waals surface area contributed by atoms with Gasteiger partial charge in [-0.3, -0.25) is 9.69 Å². The molecule has 0 unspecified atom stereocenters. The lowest BCUT2D eigenvalue weighted by Gasteiger charge is -2.39. The predicted octanol–water partition coefficient (Wildman–Crippen LogP) is 3.29. The maximum Gasteiger partial charge on any atom is 0.343 e. The zero-order valence-corrected chi connectivity index (χ0v) is 22.2. The van der Waals surface area contributed by atoms with Crippen molar-refractivity contribution in [3.8, 4) is 28.7 Å². The van der Waals surface area contributed by atoms with E-state index in [2.05, 4.69) is 4.90 Å². The minimum Gasteiger partial charge on any atom is -0.493 e. The monoisotopic (exact) mass is 531 g/mol. The average Bonchev–Trinajstić information content (AvgIpc) is 3.52. The number of methoxy groups -OCH3 is 4. The average molecular weight is 532 g/mol. The molecule has 11 heteroatoms. The highest BCUT2D eigenvalue weighted by Gasteiger charge is 2.47. The number of carbonyl (C=O) groups excluding carboxylic acids is 2. The van der Waals surface area contributed by atoms with Crippen molar-refractivity contribution in [2.45, 2.75) is 24.3 Å². The Kier molecular flexibility index (Phi) is 7.00. The van der Waals surface area contributed by atoms with Gasteiger partial charge in [-0.1, -0.05) is 6.07 Å². The number of likely N-dealkylation sites (N-methyl/N-ethyl adjacent to an activating group) is 1. The summed E-state index contributed by atoms with van der Waals surface area (Å²) in [5, 5.41) is 0. The molecule has 198 valence electrons. The molecule has 3 aliphatic rings. The molecular weight excluding hydrogens is 502 g/mol. The third-order valence-corrected chi connectivity index (χ3v) is 7.95. The molecular formula is C26H29NO9S. The Morgan fingerprint density at radius 2 is 1.84 bits per heavy atom. The first kappa shape index (κ1) is 25.3. The van der Waals surface area contributed by atoms with Crippen molar-refractivity contribution in [2.75, 3.05) is 54.6 Å². The molecule has 3 heterocycles. The van der Waals surface area contributed by atoms with Crippen LogP contribution in [0.5, 0.6) is 28.7 Å². The molecule has 0 spiro atoms. The Labute approximate surface area is 219 Å². The van der Waals surface area contributed by atoms with E-state index in [0.717, 1.165) is 23.1 Å². The fraction of sp³-hybridized carbons (Fsp3) is 0.462. The molecule has 0 radical (unpaired) electrons. The number of cyclic esters (lactones) is 1. The van der Waals surface area contributed by atoms with Crippen LogP contribution in [0.4, 0.5) is 0 Å². The second kappa shape index (κ2) is 10.2. The van der Waals surface area contributed by atoms with Crippen molar-refractivity contribution >= 4 is 23.7 Å². The minimum absolute atomic E-state index is 0.0714. The van der Waals surface area contributed by atoms with Crippen molar-refractivity contribution in [1.29, 1.82) is 0 Å². The summed E-state index contributed by atoms with van der Waals surface area (Å²) in [5.74, 6) is 2.50. The molecule has 2 aromatic carbocycles. The van der Waals surface area contributed by atoms with Gasteiger partial charge in [0, 0.05) is 29.0 Å². The molecule has 0 N–H and O–H groups in total. The molecule has 0 saturated heterocycles. The number of rotatable bonds is 8. The number of thioether (sulfide) groups is 1. The van der Waals surface area contributed by atoms with Crippen LogP contribution in [-0.4, -0.2) is 71.4 Å². The molecule has 3 aliphatic heterocycles. The van der Waals surface area contributed by atoms with E-state index in [9.17, 15) is 9.59 Å². The van der Waals surface area contributed by atoms with Gasteiger partial charge in [0.15, 0.2) is 23.0 Å². The van der Waals surface area contributed by atoms with Gasteiger partial charge >= 0.3 is 11.9 Å². The summed E-state index contributed by atoms with van der Waals surface area (Å²) in [6.45, 7) is 0.786. The summed E-state index contributed by atoms with van der Waals surface area (Å²) in [4.78, 5) is 27.0. The molecule has 0 fully saturated rings. The van der Waals surface area contributed by atoms with E-state index in [1.165, 1.54) is 33.1 Å². The van der Waals surface area contributed by atoms with Gasteiger partial charge in [-0.2, -0.15) is 0 Å². The Bertz CT molecular complexity index is 1250. The molecule has 0 bridgehead atoms. The van der Waals surface area contributed by atoms with Gasteiger partial charge in [0.05, 0.1) is 40.2 Å². The normalized spacial score (nSPS) is 19.6. The van der Waals surface area contributed by atoms with Crippen LogP contribution in [0.15, 0.2) is 12.1 Å². The molecule has 10 nitrogen and oxygen atoms in total. The highest BCUT2D eigenvalue weighted by Crippen LogP contribution is 2.57. The van der Waals surface area contributed by atoms with Gasteiger partial charge in [-0.05, 0) is 25.1 Å². The fourth-order valence-electron chi connectivity index (χ4n) is 5.37. The smallest absolute Gasteiger partial charge is 0.343 e. The van der Waals surface area contributed by atoms with Crippen molar-refractivity contribution < 1.29 is 42.7 Å². The fourth-order valence-corrected chi connectivity index (χ4v) is 6.27. The van der Waals surface area contributed by atoms with E-state index in [-0.39, 0.29) is 24.6 Å². The van der Waals surface area contributed by atoms with Crippen LogP contribution in [-0.2, 0) is 26.4 Å². The quantitative estimate of drug-likeness (QED) is 0.469. The summed E-state index contributed by atoms with van der Waals surface area (Å²) in [6.07, 6.45) is 0.110. The van der Waals surface area contributed by atoms with Crippen LogP contribution in [0, 0.1) is 0 Å². The first-order valence-electron chi connectivity index (χ1n) is 11.8. The van der Waals surface area contributed by atoms with Gasteiger partial charge in [-0.15, -0.1) is 11.8 Å². The molecule has 2 aromatic rings. The van der Waals surface area contributed by atoms with Crippen LogP contribution < -0.4 is 23.7 Å². The summed E-state index contributed by atoms with van der Waals surface area (Å²) in [6, 6.07) is 3.27. The summed E-state index contributed by atoms with van der Waals surface area (Å²) < 4.78 is 39.4. The zero-order chi connectivity index (χ0) is 26.3. The van der Waals surface area contributed by atoms with E-state index >= 15 is 0 Å². The number of fused-ring (bicyclic) bond motifs is 3. The molecule has 5 rings (SSSR count). The standard InChI is InChI=1S/C26H29NO9S/c1-27-9-8-13-15(10-37-11-17(28)31-3)22-25(35-12-34-22)24(33-5)18(13)20(27)21-14-6-7-16(30-2)23(32-4)19(14)26(29)36-21/h6-7,20-21H,8-12H2,1-5H3/t20-,21+/m1/s1. The van der Waals surface area contributed by atoms with Gasteiger partial charge in [0.25, 0.3) is 0 Å². The van der Waals surface area contributed by atoms with E-state index in [1.54, 1.807) is 13.2 Å². The van der Waals surface area contributed by atoms with Crippen LogP contribution >= 0.6 is 11.8 Å². The summed E-state index contributed by atoms with van der Waals surface area (Å²) in [5.41, 5.74) is 3.96. The second-order valence-corrected chi connectivity index (χ2v) is 9.79. The number of ether oxygens (including phenoxy) is 7. The maximum atomic E-state index is 13.1. The van der Waals surface area contributed by atoms with Crippen LogP contribution in [0.25, 0.3) is 0 Å². The molecule has 0 aromatic heterocycles. The molecule has 0 aliphatic carbocycles. The van der Waals surface area contributed by atoms with Gasteiger partial charge in [0.1, 0.15) is 11.7 Å². The lowest BCUT2D eigenvalue weighted by atomic mass is 9.83. The SMILES string of the molecule is COC(=O)CSCc1c2c(c(OC)c3c1OCO3)[C@H]([C@H]1OC(=O)c3c1ccc(OC)c3OC)N(C)CC2. The number of hydrogen-bond acceptors (Lipinski definition) is 11. The highest BCUT2D eigenvalue weighted by molar-refractivity contribution is 7.99. The number of carbonyl (C=O) groups is 2. The van der Waals surface area contributed by atoms with Gasteiger partial charge in [0.2, 0.25) is 12.5 Å². The second-order valence-electron chi connectivity index (χ2n) is 8.80. The first-order valence-corrected chi connectivity index (χ1v) is 12.9. The van der Waals surface area contributed by atoms with Crippen molar-refractivity contribution in [3.05, 3.63) is 39.9 Å². The zero-order valence-electron chi connectivity index (χ0n) is 21.4. The Morgan fingerprint density at radius 3 is 2.54 bits per heavy atom. The van der Waals surface area contributed by atoms with Crippen LogP contribution in [0.2, 0.25) is 0 Å². The number of hydrogen-bond donors (Lipinski definition) is 0.